The van der Waals surface area contributed by atoms with E-state index in [2.05, 4.69) is 25.1 Å². The maximum absolute atomic E-state index is 13.3. The van der Waals surface area contributed by atoms with Crippen LogP contribution in [0.5, 0.6) is 5.75 Å². The van der Waals surface area contributed by atoms with E-state index in [4.69, 9.17) is 14.2 Å². The zero-order valence-corrected chi connectivity index (χ0v) is 28.7. The van der Waals surface area contributed by atoms with E-state index >= 15 is 0 Å². The Labute approximate surface area is 273 Å². The Morgan fingerprint density at radius 3 is 2.33 bits per heavy atom. The lowest BCUT2D eigenvalue weighted by atomic mass is 10.00. The van der Waals surface area contributed by atoms with Crippen LogP contribution in [0.3, 0.4) is 0 Å². The Hall–Kier alpha value is -4.09. The number of methoxy groups -OCH3 is 2. The summed E-state index contributed by atoms with van der Waals surface area (Å²) in [6, 6.07) is 4.91. The van der Waals surface area contributed by atoms with Crippen LogP contribution in [-0.4, -0.2) is 92.9 Å². The summed E-state index contributed by atoms with van der Waals surface area (Å²) < 4.78 is 23.6. The normalized spacial score (nSPS) is 15.5. The first-order chi connectivity index (χ1) is 21.0. The van der Waals surface area contributed by atoms with Gasteiger partial charge in [0, 0.05) is 25.2 Å². The van der Waals surface area contributed by atoms with Crippen molar-refractivity contribution < 1.29 is 33.3 Å². The van der Waals surface area contributed by atoms with E-state index in [1.165, 1.54) is 18.9 Å². The minimum atomic E-state index is -0.776. The third-order valence-electron chi connectivity index (χ3n) is 6.64. The minimum absolute atomic E-state index is 0.0683. The van der Waals surface area contributed by atoms with Crippen molar-refractivity contribution in [3.63, 3.8) is 0 Å². The zero-order valence-electron chi connectivity index (χ0n) is 26.5. The van der Waals surface area contributed by atoms with Crippen molar-refractivity contribution >= 4 is 57.9 Å². The monoisotopic (exact) mass is 739 g/mol. The molecule has 1 aliphatic rings. The lowest BCUT2D eigenvalue weighted by molar-refractivity contribution is -0.0152. The van der Waals surface area contributed by atoms with Crippen molar-refractivity contribution in [3.05, 3.63) is 43.4 Å². The Bertz CT molecular complexity index is 1660. The Morgan fingerprint density at radius 2 is 1.71 bits per heavy atom. The van der Waals surface area contributed by atoms with Gasteiger partial charge in [-0.15, -0.1) is 0 Å². The second kappa shape index (κ2) is 13.1. The van der Waals surface area contributed by atoms with Gasteiger partial charge in [0.05, 0.1) is 26.8 Å². The highest BCUT2D eigenvalue weighted by Crippen LogP contribution is 2.32. The standard InChI is InChI=1S/C29H38IN7O8/c1-28(2,3)44-26(40)35-11-12-36(27(41)45-29(4,5)6)18(15-35)16-9-10-17(19(13-16)42-7)14-37-21-20(22(30)34-37)31-24(32-23(21)38)33-25(39)43-8/h9-10,13,18H,11-12,14-15H2,1-8H3,(H2,31,32,33,38,39). The molecule has 3 amide bonds. The first-order valence-electron chi connectivity index (χ1n) is 14.1. The van der Waals surface area contributed by atoms with Crippen LogP contribution in [0.2, 0.25) is 0 Å². The molecule has 0 bridgehead atoms. The number of aromatic nitrogens is 4. The van der Waals surface area contributed by atoms with E-state index in [0.29, 0.717) is 26.1 Å². The van der Waals surface area contributed by atoms with Gasteiger partial charge in [-0.1, -0.05) is 12.1 Å². The highest BCUT2D eigenvalue weighted by molar-refractivity contribution is 14.1. The first-order valence-corrected chi connectivity index (χ1v) is 15.2. The number of benzene rings is 1. The van der Waals surface area contributed by atoms with Crippen LogP contribution in [0.1, 0.15) is 58.7 Å². The van der Waals surface area contributed by atoms with Crippen LogP contribution >= 0.6 is 22.6 Å². The molecule has 16 heteroatoms. The second-order valence-electron chi connectivity index (χ2n) is 12.4. The fourth-order valence-electron chi connectivity index (χ4n) is 4.73. The molecule has 15 nitrogen and oxygen atoms in total. The number of aromatic amines is 1. The van der Waals surface area contributed by atoms with E-state index in [1.54, 1.807) is 57.4 Å². The van der Waals surface area contributed by atoms with Crippen LogP contribution in [0.15, 0.2) is 23.0 Å². The molecular formula is C29H38IN7O8. The van der Waals surface area contributed by atoms with E-state index < -0.39 is 41.1 Å². The number of halogens is 1. The molecule has 1 saturated heterocycles. The number of nitrogens with one attached hydrogen (secondary N) is 2. The predicted molar refractivity (Wildman–Crippen MR) is 172 cm³/mol. The summed E-state index contributed by atoms with van der Waals surface area (Å²) in [6.07, 6.45) is -1.74. The summed E-state index contributed by atoms with van der Waals surface area (Å²) in [5.41, 5.74) is 0.0314. The third-order valence-corrected chi connectivity index (χ3v) is 7.37. The summed E-state index contributed by atoms with van der Waals surface area (Å²) in [6.45, 7) is 11.7. The molecule has 1 atom stereocenters. The number of carbonyl (C=O) groups is 3. The van der Waals surface area contributed by atoms with Gasteiger partial charge in [0.1, 0.15) is 26.2 Å². The van der Waals surface area contributed by atoms with Crippen molar-refractivity contribution in [3.8, 4) is 5.75 Å². The van der Waals surface area contributed by atoms with E-state index in [1.807, 2.05) is 34.7 Å². The summed E-state index contributed by atoms with van der Waals surface area (Å²) in [5, 5.41) is 6.85. The summed E-state index contributed by atoms with van der Waals surface area (Å²) >= 11 is 1.97. The molecule has 0 radical (unpaired) electrons. The van der Waals surface area contributed by atoms with E-state index in [-0.39, 0.29) is 37.6 Å². The number of nitrogens with zero attached hydrogens (tertiary/aromatic N) is 5. The number of hydrogen-bond donors (Lipinski definition) is 2. The van der Waals surface area contributed by atoms with Gasteiger partial charge in [-0.25, -0.2) is 19.4 Å². The van der Waals surface area contributed by atoms with Gasteiger partial charge in [-0.05, 0) is 75.8 Å². The maximum atomic E-state index is 13.3. The van der Waals surface area contributed by atoms with Gasteiger partial charge in [0.25, 0.3) is 5.56 Å². The van der Waals surface area contributed by atoms with Crippen LogP contribution in [0.4, 0.5) is 20.3 Å². The van der Waals surface area contributed by atoms with Gasteiger partial charge >= 0.3 is 18.3 Å². The van der Waals surface area contributed by atoms with Gasteiger partial charge in [0.15, 0.2) is 5.52 Å². The Balaban J connectivity index is 1.67. The third kappa shape index (κ3) is 8.15. The van der Waals surface area contributed by atoms with Crippen LogP contribution < -0.4 is 15.6 Å². The van der Waals surface area contributed by atoms with Crippen molar-refractivity contribution in [1.82, 2.24) is 29.5 Å². The predicted octanol–water partition coefficient (Wildman–Crippen LogP) is 4.49. The summed E-state index contributed by atoms with van der Waals surface area (Å²) in [7, 11) is 2.72. The number of piperazine rings is 1. The Kier molecular flexibility index (Phi) is 9.84. The lowest BCUT2D eigenvalue weighted by Gasteiger charge is -2.42. The molecule has 0 aliphatic carbocycles. The van der Waals surface area contributed by atoms with Crippen molar-refractivity contribution in [1.29, 1.82) is 0 Å². The quantitative estimate of drug-likeness (QED) is 0.281. The average Bonchev–Trinajstić information content (AvgIpc) is 3.25. The number of fused-ring (bicyclic) bond motifs is 1. The molecule has 1 aromatic carbocycles. The number of carbonyl (C=O) groups excluding carboxylic acids is 3. The molecule has 0 spiro atoms. The molecular weight excluding hydrogens is 701 g/mol. The number of anilines is 1. The molecule has 1 unspecified atom stereocenters. The number of hydrogen-bond acceptors (Lipinski definition) is 10. The number of rotatable bonds is 5. The smallest absolute Gasteiger partial charge is 0.413 e. The average molecular weight is 740 g/mol. The molecule has 2 N–H and O–H groups in total. The van der Waals surface area contributed by atoms with Crippen molar-refractivity contribution in [2.24, 2.45) is 0 Å². The molecule has 244 valence electrons. The van der Waals surface area contributed by atoms with Gasteiger partial charge in [0.2, 0.25) is 5.95 Å². The molecule has 3 heterocycles. The summed E-state index contributed by atoms with van der Waals surface area (Å²) in [4.78, 5) is 60.9. The molecule has 4 rings (SSSR count). The van der Waals surface area contributed by atoms with E-state index in [0.717, 1.165) is 0 Å². The topological polar surface area (TPSA) is 170 Å². The van der Waals surface area contributed by atoms with Gasteiger partial charge in [-0.3, -0.25) is 24.7 Å². The lowest BCUT2D eigenvalue weighted by Crippen LogP contribution is -2.54. The van der Waals surface area contributed by atoms with E-state index in [9.17, 15) is 19.2 Å². The first kappa shape index (κ1) is 33.8. The van der Waals surface area contributed by atoms with Crippen molar-refractivity contribution in [2.45, 2.75) is 65.3 Å². The van der Waals surface area contributed by atoms with Crippen LogP contribution in [0.25, 0.3) is 11.0 Å². The Morgan fingerprint density at radius 1 is 1.04 bits per heavy atom. The molecule has 2 aromatic heterocycles. The molecule has 0 saturated carbocycles. The van der Waals surface area contributed by atoms with Crippen LogP contribution in [0, 0.1) is 3.70 Å². The van der Waals surface area contributed by atoms with Crippen molar-refractivity contribution in [2.75, 3.05) is 39.2 Å². The number of H-pyrrole nitrogens is 1. The zero-order chi connectivity index (χ0) is 33.3. The summed E-state index contributed by atoms with van der Waals surface area (Å²) in [5.74, 6) is 0.416. The second-order valence-corrected chi connectivity index (χ2v) is 13.4. The maximum Gasteiger partial charge on any atom is 0.413 e. The van der Waals surface area contributed by atoms with Gasteiger partial charge in [-0.2, -0.15) is 5.10 Å². The minimum Gasteiger partial charge on any atom is -0.496 e. The fourth-order valence-corrected chi connectivity index (χ4v) is 5.37. The number of amides is 3. The van der Waals surface area contributed by atoms with Gasteiger partial charge < -0.3 is 23.8 Å². The highest BCUT2D eigenvalue weighted by Gasteiger charge is 2.37. The molecule has 45 heavy (non-hydrogen) atoms. The highest BCUT2D eigenvalue weighted by atomic mass is 127. The molecule has 3 aromatic rings. The largest absolute Gasteiger partial charge is 0.496 e. The molecule has 1 fully saturated rings. The van der Waals surface area contributed by atoms with Crippen LogP contribution in [-0.2, 0) is 20.8 Å². The number of ether oxygens (including phenoxy) is 4. The fraction of sp³-hybridized carbons (Fsp3) is 0.517. The molecule has 1 aliphatic heterocycles. The SMILES string of the molecule is COC(=O)Nc1nc2c(I)nn(Cc3ccc(C4CN(C(=O)OC(C)(C)C)CCN4C(=O)OC(C)(C)C)cc3OC)c2c(=O)[nH]1.